The van der Waals surface area contributed by atoms with Gasteiger partial charge in [0.15, 0.2) is 0 Å². The molecule has 0 saturated carbocycles. The van der Waals surface area contributed by atoms with Crippen LogP contribution in [0.3, 0.4) is 0 Å². The highest BCUT2D eigenvalue weighted by molar-refractivity contribution is 5.93. The monoisotopic (exact) mass is 328 g/mol. The maximum absolute atomic E-state index is 13.2. The molecule has 24 heavy (non-hydrogen) atoms. The second-order valence-corrected chi connectivity index (χ2v) is 5.27. The molecule has 7 nitrogen and oxygen atoms in total. The van der Waals surface area contributed by atoms with Crippen molar-refractivity contribution in [2.75, 3.05) is 6.54 Å². The van der Waals surface area contributed by atoms with Gasteiger partial charge in [-0.2, -0.15) is 0 Å². The number of hydrogen-bond acceptors (Lipinski definition) is 4. The Morgan fingerprint density at radius 3 is 3.04 bits per heavy atom. The van der Waals surface area contributed by atoms with Gasteiger partial charge in [-0.1, -0.05) is 0 Å². The van der Waals surface area contributed by atoms with Gasteiger partial charge in [0.2, 0.25) is 0 Å². The van der Waals surface area contributed by atoms with Crippen LogP contribution in [0.15, 0.2) is 36.5 Å². The van der Waals surface area contributed by atoms with Crippen molar-refractivity contribution in [2.24, 2.45) is 5.73 Å². The zero-order chi connectivity index (χ0) is 17.1. The van der Waals surface area contributed by atoms with Crippen molar-refractivity contribution in [1.82, 2.24) is 19.9 Å². The summed E-state index contributed by atoms with van der Waals surface area (Å²) in [5, 5.41) is 10.7. The molecule has 5 N–H and O–H groups in total. The summed E-state index contributed by atoms with van der Waals surface area (Å²) in [6, 6.07) is 7.59. The smallest absolute Gasteiger partial charge is 0.255 e. The van der Waals surface area contributed by atoms with Gasteiger partial charge in [-0.25, -0.2) is 9.37 Å². The number of halogens is 1. The van der Waals surface area contributed by atoms with E-state index in [0.717, 1.165) is 0 Å². The Balaban J connectivity index is 1.65. The molecule has 0 unspecified atom stereocenters. The Kier molecular flexibility index (Phi) is 4.39. The van der Waals surface area contributed by atoms with Crippen LogP contribution in [0.4, 0.5) is 4.39 Å². The van der Waals surface area contributed by atoms with Gasteiger partial charge in [-0.05, 0) is 30.3 Å². The van der Waals surface area contributed by atoms with Gasteiger partial charge in [-0.3, -0.25) is 10.2 Å². The summed E-state index contributed by atoms with van der Waals surface area (Å²) in [5.74, 6) is -0.0108. The summed E-state index contributed by atoms with van der Waals surface area (Å²) in [7, 11) is 0. The molecule has 0 aliphatic carbocycles. The van der Waals surface area contributed by atoms with Crippen LogP contribution in [0.5, 0.6) is 0 Å². The van der Waals surface area contributed by atoms with Crippen LogP contribution in [-0.4, -0.2) is 27.0 Å². The molecule has 0 saturated heterocycles. The first-order valence-corrected chi connectivity index (χ1v) is 7.45. The van der Waals surface area contributed by atoms with Gasteiger partial charge in [0.25, 0.3) is 5.91 Å². The van der Waals surface area contributed by atoms with E-state index in [1.807, 2.05) is 0 Å². The van der Waals surface area contributed by atoms with Crippen LogP contribution in [0.2, 0.25) is 0 Å². The normalized spacial score (nSPS) is 10.9. The zero-order valence-corrected chi connectivity index (χ0v) is 12.8. The van der Waals surface area contributed by atoms with Crippen molar-refractivity contribution in [3.05, 3.63) is 59.2 Å². The lowest BCUT2D eigenvalue weighted by Gasteiger charge is -2.08. The van der Waals surface area contributed by atoms with Gasteiger partial charge in [0.05, 0.1) is 23.3 Å². The van der Waals surface area contributed by atoms with Crippen molar-refractivity contribution in [3.8, 4) is 0 Å². The predicted octanol–water partition coefficient (Wildman–Crippen LogP) is 0.872. The number of aromatic amines is 1. The SMILES string of the molecule is N=c1c(C(=O)NCCc2nc3ccc(F)cc3[nH]2)cccn1CN. The van der Waals surface area contributed by atoms with Crippen molar-refractivity contribution >= 4 is 16.9 Å². The quantitative estimate of drug-likeness (QED) is 0.557. The molecule has 8 heteroatoms. The topological polar surface area (TPSA) is 113 Å². The second-order valence-electron chi connectivity index (χ2n) is 5.27. The van der Waals surface area contributed by atoms with Crippen LogP contribution in [0.25, 0.3) is 11.0 Å². The summed E-state index contributed by atoms with van der Waals surface area (Å²) in [4.78, 5) is 19.5. The number of nitrogens with one attached hydrogen (secondary N) is 3. The van der Waals surface area contributed by atoms with Crippen molar-refractivity contribution in [2.45, 2.75) is 13.1 Å². The molecule has 0 aliphatic heterocycles. The summed E-state index contributed by atoms with van der Waals surface area (Å²) in [5.41, 5.74) is 7.14. The number of H-pyrrole nitrogens is 1. The third-order valence-electron chi connectivity index (χ3n) is 3.65. The molecule has 0 radical (unpaired) electrons. The van der Waals surface area contributed by atoms with E-state index in [4.69, 9.17) is 11.1 Å². The highest BCUT2D eigenvalue weighted by atomic mass is 19.1. The Hall–Kier alpha value is -3.00. The highest BCUT2D eigenvalue weighted by Gasteiger charge is 2.10. The molecule has 2 aromatic heterocycles. The number of carbonyl (C=O) groups excluding carboxylic acids is 1. The number of benzene rings is 1. The predicted molar refractivity (Wildman–Crippen MR) is 86.6 cm³/mol. The molecule has 2 heterocycles. The largest absolute Gasteiger partial charge is 0.351 e. The van der Waals surface area contributed by atoms with E-state index in [1.54, 1.807) is 24.4 Å². The van der Waals surface area contributed by atoms with E-state index in [-0.39, 0.29) is 29.4 Å². The average Bonchev–Trinajstić information content (AvgIpc) is 2.96. The molecule has 0 fully saturated rings. The summed E-state index contributed by atoms with van der Waals surface area (Å²) in [6.45, 7) is 0.480. The van der Waals surface area contributed by atoms with E-state index in [9.17, 15) is 9.18 Å². The van der Waals surface area contributed by atoms with Crippen LogP contribution in [-0.2, 0) is 13.1 Å². The fraction of sp³-hybridized carbons (Fsp3) is 0.188. The van der Waals surface area contributed by atoms with Gasteiger partial charge in [-0.15, -0.1) is 0 Å². The maximum atomic E-state index is 13.2. The van der Waals surface area contributed by atoms with Crippen LogP contribution >= 0.6 is 0 Å². The number of imidazole rings is 1. The first-order valence-electron chi connectivity index (χ1n) is 7.45. The molecular weight excluding hydrogens is 311 g/mol. The lowest BCUT2D eigenvalue weighted by Crippen LogP contribution is -2.35. The Bertz CT molecular complexity index is 945. The number of nitrogens with two attached hydrogens (primary N) is 1. The number of nitrogens with zero attached hydrogens (tertiary/aromatic N) is 2. The van der Waals surface area contributed by atoms with Crippen LogP contribution in [0.1, 0.15) is 16.2 Å². The molecule has 0 bridgehead atoms. The van der Waals surface area contributed by atoms with Gasteiger partial charge in [0.1, 0.15) is 17.1 Å². The molecule has 3 rings (SSSR count). The summed E-state index contributed by atoms with van der Waals surface area (Å²) < 4.78 is 14.6. The lowest BCUT2D eigenvalue weighted by atomic mass is 10.2. The number of aromatic nitrogens is 3. The number of fused-ring (bicyclic) bond motifs is 1. The second kappa shape index (κ2) is 6.63. The molecule has 0 aliphatic rings. The molecule has 0 atom stereocenters. The first-order chi connectivity index (χ1) is 11.6. The Morgan fingerprint density at radius 2 is 2.25 bits per heavy atom. The van der Waals surface area contributed by atoms with Crippen molar-refractivity contribution in [3.63, 3.8) is 0 Å². The fourth-order valence-electron chi connectivity index (χ4n) is 2.43. The Labute approximate surface area is 136 Å². The van der Waals surface area contributed by atoms with E-state index in [2.05, 4.69) is 15.3 Å². The third-order valence-corrected chi connectivity index (χ3v) is 3.65. The molecule has 124 valence electrons. The maximum Gasteiger partial charge on any atom is 0.255 e. The fourth-order valence-corrected chi connectivity index (χ4v) is 2.43. The van der Waals surface area contributed by atoms with E-state index >= 15 is 0 Å². The Morgan fingerprint density at radius 1 is 1.42 bits per heavy atom. The molecule has 0 spiro atoms. The van der Waals surface area contributed by atoms with E-state index in [1.165, 1.54) is 16.7 Å². The molecule has 1 amide bonds. The molecule has 3 aromatic rings. The zero-order valence-electron chi connectivity index (χ0n) is 12.8. The number of carbonyl (C=O) groups is 1. The van der Waals surface area contributed by atoms with E-state index < -0.39 is 0 Å². The minimum absolute atomic E-state index is 0.0664. The highest BCUT2D eigenvalue weighted by Crippen LogP contribution is 2.12. The standard InChI is InChI=1S/C16H17FN6O/c17-10-3-4-12-13(8-10)22-14(21-12)5-6-20-16(24)11-2-1-7-23(9-18)15(11)19/h1-4,7-8,19H,5-6,9,18H2,(H,20,24)(H,21,22). The number of amides is 1. The lowest BCUT2D eigenvalue weighted by molar-refractivity contribution is 0.0951. The number of pyridine rings is 1. The van der Waals surface area contributed by atoms with Gasteiger partial charge < -0.3 is 20.6 Å². The van der Waals surface area contributed by atoms with Gasteiger partial charge in [0, 0.05) is 19.2 Å². The van der Waals surface area contributed by atoms with E-state index in [0.29, 0.717) is 29.8 Å². The van der Waals surface area contributed by atoms with Crippen molar-refractivity contribution < 1.29 is 9.18 Å². The minimum Gasteiger partial charge on any atom is -0.351 e. The number of rotatable bonds is 5. The molecule has 1 aromatic carbocycles. The number of hydrogen-bond donors (Lipinski definition) is 4. The average molecular weight is 328 g/mol. The summed E-state index contributed by atoms with van der Waals surface area (Å²) in [6.07, 6.45) is 2.12. The minimum atomic E-state index is -0.343. The first kappa shape index (κ1) is 15.9. The van der Waals surface area contributed by atoms with Crippen LogP contribution < -0.4 is 16.5 Å². The van der Waals surface area contributed by atoms with Gasteiger partial charge >= 0.3 is 0 Å². The van der Waals surface area contributed by atoms with Crippen molar-refractivity contribution in [1.29, 1.82) is 5.41 Å². The third kappa shape index (κ3) is 3.18. The van der Waals surface area contributed by atoms with Crippen LogP contribution in [0, 0.1) is 11.2 Å². The summed E-state index contributed by atoms with van der Waals surface area (Å²) >= 11 is 0. The molecular formula is C16H17FN6O.